The Balaban J connectivity index is -0.000000231. The third-order valence-corrected chi connectivity index (χ3v) is 20.3. The lowest BCUT2D eigenvalue weighted by molar-refractivity contribution is 0.000436. The number of hydrogen-bond acceptors (Lipinski definition) is 3. The van der Waals surface area contributed by atoms with E-state index in [4.69, 9.17) is 0 Å². The Bertz CT molecular complexity index is 1570. The molecule has 0 spiro atoms. The maximum absolute atomic E-state index is 3.13. The first-order valence-electron chi connectivity index (χ1n) is 31.8. The Morgan fingerprint density at radius 2 is 0.692 bits per heavy atom. The standard InChI is InChI=1S/C47H74BN3.9C2H6.9CH4/c1-22-13-25(4)37-19-49-40(16-34(37)28(22)7)31(10)44-46-35(17-41-30(9)43-29(8)23(2)14-26(5)38(43)20-50(41)46)45-36(47(44)49)18-42-33(12)48-32(11)24(3)15-27(6)39(48)21-51(42)45;9*1-2;;;;;;;;;/h22-34,37-43H,13-21H2,1-12H3;9*1-2H3;9*1H4/t22-,23-,24-,25+,26+,27+,28-,29-,30+,31-,32-,33+,34?,37+,38?,39+,40+,41-,42-,43?;;;;;;;;;;;;;;;;;;/m0................../s1. The Labute approximate surface area is 503 Å². The normalized spacial score (nSPS) is 34.8. The summed E-state index contributed by atoms with van der Waals surface area (Å²) in [6.45, 7) is 72.5. The summed E-state index contributed by atoms with van der Waals surface area (Å²) in [4.78, 5) is 9.38. The van der Waals surface area contributed by atoms with Crippen molar-refractivity contribution < 1.29 is 0 Å². The first kappa shape index (κ1) is 95.9. The molecule has 3 nitrogen and oxygen atoms in total. The van der Waals surface area contributed by atoms with Crippen molar-refractivity contribution in [1.29, 1.82) is 0 Å². The van der Waals surface area contributed by atoms with Crippen LogP contribution in [0.4, 0.5) is 17.1 Å². The molecule has 4 heteroatoms. The van der Waals surface area contributed by atoms with Gasteiger partial charge in [-0.2, -0.15) is 0 Å². The highest BCUT2D eigenvalue weighted by molar-refractivity contribution is 6.64. The molecule has 4 saturated heterocycles. The molecule has 20 atom stereocenters. The second-order valence-corrected chi connectivity index (χ2v) is 22.2. The van der Waals surface area contributed by atoms with Crippen LogP contribution in [0.15, 0.2) is 0 Å². The van der Waals surface area contributed by atoms with Crippen LogP contribution >= 0.6 is 0 Å². The van der Waals surface area contributed by atoms with Gasteiger partial charge in [-0.1, -0.05) is 280 Å². The van der Waals surface area contributed by atoms with Crippen molar-refractivity contribution in [3.63, 3.8) is 0 Å². The van der Waals surface area contributed by atoms with Gasteiger partial charge in [-0.15, -0.1) is 0 Å². The fraction of sp³-hybridized carbons (Fsp3) is 0.919. The highest BCUT2D eigenvalue weighted by Gasteiger charge is 2.60. The topological polar surface area (TPSA) is 9.72 Å². The zero-order valence-corrected chi connectivity index (χ0v) is 52.8. The lowest BCUT2D eigenvalue weighted by Gasteiger charge is -2.55. The maximum atomic E-state index is 3.13. The molecule has 10 rings (SSSR count). The summed E-state index contributed by atoms with van der Waals surface area (Å²) >= 11 is 0. The van der Waals surface area contributed by atoms with Gasteiger partial charge >= 0.3 is 0 Å². The fourth-order valence-corrected chi connectivity index (χ4v) is 17.2. The minimum atomic E-state index is 0. The van der Waals surface area contributed by atoms with Gasteiger partial charge in [0.05, 0.1) is 0 Å². The molecule has 0 radical (unpaired) electrons. The molecule has 1 aromatic carbocycles. The number of hydrogen-bond donors (Lipinski definition) is 0. The van der Waals surface area contributed by atoms with Crippen LogP contribution in [-0.2, 0) is 12.8 Å². The second kappa shape index (κ2) is 44.2. The minimum Gasteiger partial charge on any atom is -0.368 e. The molecule has 7 heterocycles. The molecule has 3 unspecified atom stereocenters. The molecule has 0 bridgehead atoms. The Hall–Kier alpha value is -1.32. The molecule has 2 aliphatic carbocycles. The number of rotatable bonds is 0. The van der Waals surface area contributed by atoms with E-state index >= 15 is 0 Å². The number of benzene rings is 1. The van der Waals surface area contributed by atoms with E-state index in [1.165, 1.54) is 58.2 Å². The summed E-state index contributed by atoms with van der Waals surface area (Å²) in [6.07, 6.45) is 8.35. The zero-order valence-electron chi connectivity index (χ0n) is 52.8. The van der Waals surface area contributed by atoms with Gasteiger partial charge < -0.3 is 14.7 Å². The van der Waals surface area contributed by atoms with Crippen LogP contribution in [-0.4, -0.2) is 44.5 Å². The van der Waals surface area contributed by atoms with Gasteiger partial charge in [-0.05, 0) is 127 Å². The quantitative estimate of drug-likeness (QED) is 0.240. The Kier molecular flexibility index (Phi) is 54.4. The van der Waals surface area contributed by atoms with E-state index in [0.29, 0.717) is 24.0 Å². The molecule has 78 heavy (non-hydrogen) atoms. The molecular formula is C74H164BN3. The van der Waals surface area contributed by atoms with Gasteiger partial charge in [0.25, 0.3) is 0 Å². The lowest BCUT2D eigenvalue weighted by Crippen LogP contribution is -2.57. The lowest BCUT2D eigenvalue weighted by atomic mass is 9.21. The summed E-state index contributed by atoms with van der Waals surface area (Å²) in [5, 5.41) is 0. The van der Waals surface area contributed by atoms with E-state index in [9.17, 15) is 0 Å². The average molecular weight is 1110 g/mol. The van der Waals surface area contributed by atoms with Crippen LogP contribution < -0.4 is 14.7 Å². The van der Waals surface area contributed by atoms with E-state index in [-0.39, 0.29) is 66.8 Å². The van der Waals surface area contributed by atoms with Crippen molar-refractivity contribution in [3.8, 4) is 0 Å². The highest BCUT2D eigenvalue weighted by Crippen LogP contribution is 2.66. The molecule has 1 aromatic rings. The monoisotopic (exact) mass is 1110 g/mol. The Morgan fingerprint density at radius 3 is 1.15 bits per heavy atom. The Morgan fingerprint density at radius 1 is 0.321 bits per heavy atom. The first-order valence-corrected chi connectivity index (χ1v) is 31.8. The molecule has 0 amide bonds. The van der Waals surface area contributed by atoms with Crippen LogP contribution in [0.5, 0.6) is 0 Å². The predicted molar refractivity (Wildman–Crippen MR) is 382 cm³/mol. The largest absolute Gasteiger partial charge is 0.368 e. The van der Waals surface area contributed by atoms with Gasteiger partial charge in [-0.25, -0.2) is 0 Å². The van der Waals surface area contributed by atoms with E-state index in [0.717, 1.165) is 101 Å². The van der Waals surface area contributed by atoms with Crippen molar-refractivity contribution in [2.24, 2.45) is 76.9 Å². The molecule has 0 aromatic heterocycles. The molecule has 0 N–H and O–H groups in total. The second-order valence-electron chi connectivity index (χ2n) is 22.2. The van der Waals surface area contributed by atoms with Crippen molar-refractivity contribution >= 4 is 23.8 Å². The number of fused-ring (bicyclic) bond motifs is 15. The summed E-state index contributed by atoms with van der Waals surface area (Å²) in [6, 6.07) is 2.07. The average Bonchev–Trinajstić information content (AvgIpc) is 4.06. The fourth-order valence-electron chi connectivity index (χ4n) is 17.2. The van der Waals surface area contributed by atoms with E-state index in [2.05, 4.69) is 97.8 Å². The minimum absolute atomic E-state index is 0. The van der Waals surface area contributed by atoms with E-state index in [1.54, 1.807) is 17.1 Å². The van der Waals surface area contributed by atoms with Crippen LogP contribution in [0.2, 0.25) is 17.5 Å². The summed E-state index contributed by atoms with van der Waals surface area (Å²) in [5.74, 6) is 14.3. The van der Waals surface area contributed by atoms with Crippen LogP contribution in [0.3, 0.4) is 0 Å². The van der Waals surface area contributed by atoms with Crippen LogP contribution in [0, 0.1) is 76.9 Å². The van der Waals surface area contributed by atoms with Crippen LogP contribution in [0.25, 0.3) is 0 Å². The molecule has 2 saturated carbocycles. The molecule has 478 valence electrons. The first-order chi connectivity index (χ1) is 33.3. The highest BCUT2D eigenvalue weighted by atomic mass is 15.3. The third-order valence-electron chi connectivity index (χ3n) is 20.3. The van der Waals surface area contributed by atoms with Crippen LogP contribution in [0.1, 0.15) is 323 Å². The molecular weight excluding hydrogens is 942 g/mol. The van der Waals surface area contributed by atoms with Crippen molar-refractivity contribution in [3.05, 3.63) is 16.7 Å². The van der Waals surface area contributed by atoms with E-state index < -0.39 is 0 Å². The number of anilines is 3. The number of nitrogens with zero attached hydrogens (tertiary/aromatic N) is 3. The summed E-state index contributed by atoms with van der Waals surface area (Å²) in [7, 11) is 0. The van der Waals surface area contributed by atoms with Gasteiger partial charge in [0.1, 0.15) is 0 Å². The molecule has 9 aliphatic rings. The van der Waals surface area contributed by atoms with Gasteiger partial charge in [0, 0.05) is 77.4 Å². The van der Waals surface area contributed by atoms with Gasteiger partial charge in [-0.3, -0.25) is 0 Å². The van der Waals surface area contributed by atoms with Crippen molar-refractivity contribution in [1.82, 2.24) is 0 Å². The SMILES string of the molecule is C.C.C.C.C.C.C.C.C.CC.CC.CC.CC.CC.CC.CC.CC.CC.C[C@@H]1C[C@H](C)[C@H](C)C2C1CN1c3c(c4c(c5c3[C@@H](C)[C@H]3CC6[C@@H](C)[C@@H](C)C[C@@H](C)[C@H]6CN53)C[C@H]3[C@@H](C)B5[C@@H](C)[C@@H](C)C[C@@H](C)[C@H]5CN43)C[C@H]1[C@H]2C. The summed E-state index contributed by atoms with van der Waals surface area (Å²) < 4.78 is 0. The predicted octanol–water partition coefficient (Wildman–Crippen LogP) is 25.9. The van der Waals surface area contributed by atoms with Gasteiger partial charge in [0.15, 0.2) is 6.71 Å². The van der Waals surface area contributed by atoms with Crippen molar-refractivity contribution in [2.45, 2.75) is 355 Å². The molecule has 7 aliphatic heterocycles. The maximum Gasteiger partial charge on any atom is 0.154 e. The molecule has 6 fully saturated rings. The third kappa shape index (κ3) is 16.9. The summed E-state index contributed by atoms with van der Waals surface area (Å²) in [5.41, 5.74) is 10.9. The smallest absolute Gasteiger partial charge is 0.154 e. The van der Waals surface area contributed by atoms with Gasteiger partial charge in [0.2, 0.25) is 0 Å². The van der Waals surface area contributed by atoms with E-state index in [1.807, 2.05) is 141 Å². The van der Waals surface area contributed by atoms with Crippen molar-refractivity contribution in [2.75, 3.05) is 34.3 Å². The number of piperidine rings is 2. The zero-order chi connectivity index (χ0) is 53.7.